The lowest BCUT2D eigenvalue weighted by molar-refractivity contribution is 0.0726. The summed E-state index contributed by atoms with van der Waals surface area (Å²) >= 11 is 1.56. The van der Waals surface area contributed by atoms with Crippen molar-refractivity contribution < 1.29 is 9.90 Å². The van der Waals surface area contributed by atoms with Crippen LogP contribution in [0.15, 0.2) is 30.5 Å². The van der Waals surface area contributed by atoms with Gasteiger partial charge in [0.1, 0.15) is 0 Å². The number of fused-ring (bicyclic) bond motifs is 1. The van der Waals surface area contributed by atoms with E-state index < -0.39 is 5.60 Å². The molecule has 4 nitrogen and oxygen atoms in total. The fraction of sp³-hybridized carbons (Fsp3) is 0.500. The van der Waals surface area contributed by atoms with Crippen molar-refractivity contribution in [3.8, 4) is 0 Å². The molecule has 0 spiro atoms. The molecule has 2 N–H and O–H groups in total. The Morgan fingerprint density at radius 2 is 2.09 bits per heavy atom. The average Bonchev–Trinajstić information content (AvgIpc) is 2.83. The van der Waals surface area contributed by atoms with Crippen LogP contribution in [-0.2, 0) is 6.54 Å². The number of nitrogens with zero attached hydrogens (tertiary/aromatic N) is 1. The largest absolute Gasteiger partial charge is 0.387 e. The van der Waals surface area contributed by atoms with Crippen molar-refractivity contribution in [2.24, 2.45) is 5.92 Å². The number of para-hydroxylation sites is 1. The predicted octanol–water partition coefficient (Wildman–Crippen LogP) is 3.14. The molecule has 1 amide bonds. The van der Waals surface area contributed by atoms with Gasteiger partial charge in [0.15, 0.2) is 0 Å². The number of amides is 1. The summed E-state index contributed by atoms with van der Waals surface area (Å²) < 4.78 is 2.13. The van der Waals surface area contributed by atoms with Crippen LogP contribution in [0.2, 0.25) is 0 Å². The number of carbonyl (C=O) groups is 1. The zero-order valence-electron chi connectivity index (χ0n) is 14.3. The number of nitrogens with one attached hydrogen (secondary N) is 1. The van der Waals surface area contributed by atoms with Gasteiger partial charge in [-0.25, -0.2) is 0 Å². The van der Waals surface area contributed by atoms with Crippen molar-refractivity contribution in [1.29, 1.82) is 0 Å². The molecule has 1 heterocycles. The third kappa shape index (κ3) is 4.52. The van der Waals surface area contributed by atoms with Crippen molar-refractivity contribution in [3.05, 3.63) is 36.0 Å². The molecule has 0 aliphatic rings. The SMILES string of the molecule is CSCC(C)(O)CNC(=O)c1cn(CC(C)C)c2ccccc12. The summed E-state index contributed by atoms with van der Waals surface area (Å²) in [7, 11) is 0. The Labute approximate surface area is 142 Å². The van der Waals surface area contributed by atoms with E-state index in [1.807, 2.05) is 36.7 Å². The van der Waals surface area contributed by atoms with E-state index in [-0.39, 0.29) is 12.5 Å². The highest BCUT2D eigenvalue weighted by Crippen LogP contribution is 2.22. The van der Waals surface area contributed by atoms with Gasteiger partial charge in [0.2, 0.25) is 0 Å². The molecular weight excluding hydrogens is 308 g/mol. The first-order chi connectivity index (χ1) is 10.8. The summed E-state index contributed by atoms with van der Waals surface area (Å²) in [6, 6.07) is 7.95. The van der Waals surface area contributed by atoms with Crippen LogP contribution in [0.5, 0.6) is 0 Å². The lowest BCUT2D eigenvalue weighted by Crippen LogP contribution is -2.42. The van der Waals surface area contributed by atoms with Gasteiger partial charge in [-0.2, -0.15) is 11.8 Å². The second-order valence-electron chi connectivity index (χ2n) is 6.72. The molecule has 2 aromatic rings. The Kier molecular flexibility index (Phi) is 5.76. The summed E-state index contributed by atoms with van der Waals surface area (Å²) in [4.78, 5) is 12.6. The molecule has 126 valence electrons. The fourth-order valence-electron chi connectivity index (χ4n) is 2.70. The number of aromatic nitrogens is 1. The normalized spacial score (nSPS) is 14.2. The van der Waals surface area contributed by atoms with Gasteiger partial charge in [0.25, 0.3) is 5.91 Å². The number of rotatable bonds is 7. The summed E-state index contributed by atoms with van der Waals surface area (Å²) in [5, 5.41) is 14.0. The van der Waals surface area contributed by atoms with Crippen LogP contribution in [0.4, 0.5) is 0 Å². The van der Waals surface area contributed by atoms with Gasteiger partial charge in [-0.3, -0.25) is 4.79 Å². The van der Waals surface area contributed by atoms with Gasteiger partial charge in [-0.1, -0.05) is 32.0 Å². The number of hydrogen-bond acceptors (Lipinski definition) is 3. The first kappa shape index (κ1) is 17.9. The van der Waals surface area contributed by atoms with E-state index in [0.717, 1.165) is 17.4 Å². The molecule has 1 atom stereocenters. The van der Waals surface area contributed by atoms with Gasteiger partial charge in [-0.05, 0) is 25.2 Å². The maximum absolute atomic E-state index is 12.6. The highest BCUT2D eigenvalue weighted by Gasteiger charge is 2.22. The highest BCUT2D eigenvalue weighted by atomic mass is 32.2. The van der Waals surface area contributed by atoms with Gasteiger partial charge in [0, 0.05) is 35.9 Å². The van der Waals surface area contributed by atoms with Crippen molar-refractivity contribution in [1.82, 2.24) is 9.88 Å². The molecule has 0 bridgehead atoms. The second-order valence-corrected chi connectivity index (χ2v) is 7.58. The van der Waals surface area contributed by atoms with E-state index in [9.17, 15) is 9.90 Å². The highest BCUT2D eigenvalue weighted by molar-refractivity contribution is 7.98. The van der Waals surface area contributed by atoms with Gasteiger partial charge in [-0.15, -0.1) is 0 Å². The monoisotopic (exact) mass is 334 g/mol. The van der Waals surface area contributed by atoms with Crippen LogP contribution in [0.3, 0.4) is 0 Å². The smallest absolute Gasteiger partial charge is 0.253 e. The van der Waals surface area contributed by atoms with E-state index >= 15 is 0 Å². The van der Waals surface area contributed by atoms with Crippen LogP contribution < -0.4 is 5.32 Å². The van der Waals surface area contributed by atoms with E-state index in [1.165, 1.54) is 0 Å². The third-order valence-corrected chi connectivity index (χ3v) is 4.59. The predicted molar refractivity (Wildman–Crippen MR) is 98.1 cm³/mol. The molecule has 5 heteroatoms. The summed E-state index contributed by atoms with van der Waals surface area (Å²) in [5.41, 5.74) is 0.842. The molecule has 0 radical (unpaired) electrons. The zero-order valence-corrected chi connectivity index (χ0v) is 15.1. The van der Waals surface area contributed by atoms with Crippen LogP contribution >= 0.6 is 11.8 Å². The summed E-state index contributed by atoms with van der Waals surface area (Å²) in [5.74, 6) is 0.955. The molecule has 1 unspecified atom stereocenters. The van der Waals surface area contributed by atoms with E-state index in [0.29, 0.717) is 17.2 Å². The minimum absolute atomic E-state index is 0.134. The first-order valence-electron chi connectivity index (χ1n) is 7.91. The van der Waals surface area contributed by atoms with Crippen LogP contribution in [0.25, 0.3) is 10.9 Å². The topological polar surface area (TPSA) is 54.3 Å². The van der Waals surface area contributed by atoms with Gasteiger partial charge < -0.3 is 15.0 Å². The number of carbonyl (C=O) groups excluding carboxylic acids is 1. The molecule has 0 aliphatic carbocycles. The number of hydrogen-bond donors (Lipinski definition) is 2. The van der Waals surface area contributed by atoms with Gasteiger partial charge in [0.05, 0.1) is 11.2 Å². The minimum atomic E-state index is -0.897. The Morgan fingerprint density at radius 3 is 2.74 bits per heavy atom. The number of thioether (sulfide) groups is 1. The Hall–Kier alpha value is -1.46. The van der Waals surface area contributed by atoms with Crippen molar-refractivity contribution in [2.75, 3.05) is 18.6 Å². The molecule has 2 rings (SSSR count). The molecule has 0 saturated heterocycles. The zero-order chi connectivity index (χ0) is 17.0. The quantitative estimate of drug-likeness (QED) is 0.818. The Bertz CT molecular complexity index is 677. The number of aliphatic hydroxyl groups is 1. The number of benzene rings is 1. The maximum atomic E-state index is 12.6. The van der Waals surface area contributed by atoms with E-state index in [2.05, 4.69) is 23.7 Å². The standard InChI is InChI=1S/C18H26N2O2S/c1-13(2)9-20-10-15(14-7-5-6-8-16(14)20)17(21)19-11-18(3,22)12-23-4/h5-8,10,13,22H,9,11-12H2,1-4H3,(H,19,21). The second kappa shape index (κ2) is 7.41. The van der Waals surface area contributed by atoms with Gasteiger partial charge >= 0.3 is 0 Å². The van der Waals surface area contributed by atoms with E-state index in [1.54, 1.807) is 18.7 Å². The van der Waals surface area contributed by atoms with Crippen molar-refractivity contribution >= 4 is 28.6 Å². The third-order valence-electron chi connectivity index (χ3n) is 3.68. The van der Waals surface area contributed by atoms with Crippen molar-refractivity contribution in [3.63, 3.8) is 0 Å². The summed E-state index contributed by atoms with van der Waals surface area (Å²) in [6.07, 6.45) is 3.86. The Balaban J connectivity index is 2.23. The molecular formula is C18H26N2O2S. The van der Waals surface area contributed by atoms with Crippen LogP contribution in [0.1, 0.15) is 31.1 Å². The molecule has 1 aromatic carbocycles. The minimum Gasteiger partial charge on any atom is -0.387 e. The molecule has 0 fully saturated rings. The van der Waals surface area contributed by atoms with E-state index in [4.69, 9.17) is 0 Å². The van der Waals surface area contributed by atoms with Crippen molar-refractivity contribution in [2.45, 2.75) is 32.9 Å². The molecule has 23 heavy (non-hydrogen) atoms. The molecule has 0 aliphatic heterocycles. The lowest BCUT2D eigenvalue weighted by atomic mass is 10.1. The average molecular weight is 334 g/mol. The van der Waals surface area contributed by atoms with Crippen LogP contribution in [0, 0.1) is 5.92 Å². The molecule has 0 saturated carbocycles. The van der Waals surface area contributed by atoms with Crippen LogP contribution in [-0.4, -0.2) is 39.7 Å². The Morgan fingerprint density at radius 1 is 1.39 bits per heavy atom. The first-order valence-corrected chi connectivity index (χ1v) is 9.31. The summed E-state index contributed by atoms with van der Waals surface area (Å²) in [6.45, 7) is 7.18. The molecule has 1 aromatic heterocycles. The lowest BCUT2D eigenvalue weighted by Gasteiger charge is -2.22. The fourth-order valence-corrected chi connectivity index (χ4v) is 3.42. The maximum Gasteiger partial charge on any atom is 0.253 e.